The molecule has 0 saturated carbocycles. The Kier molecular flexibility index (Phi) is 132. The zero-order valence-electron chi connectivity index (χ0n) is 0. The van der Waals surface area contributed by atoms with Crippen molar-refractivity contribution >= 4 is 235 Å². The van der Waals surface area contributed by atoms with Gasteiger partial charge in [0.1, 0.15) is 0 Å². The third kappa shape index (κ3) is 18.5. The van der Waals surface area contributed by atoms with Crippen molar-refractivity contribution in [3.8, 4) is 0 Å². The molecule has 0 aromatic carbocycles. The van der Waals surface area contributed by atoms with E-state index in [0.717, 1.165) is 0 Å². The molecule has 0 aliphatic heterocycles. The first-order chi connectivity index (χ1) is 0. The number of hydrogen-bond donors (Lipinski definition) is 0. The van der Waals surface area contributed by atoms with Crippen LogP contribution in [0.15, 0.2) is 0 Å². The van der Waals surface area contributed by atoms with Crippen LogP contribution in [0.1, 0.15) is 0 Å². The first-order valence-electron chi connectivity index (χ1n) is 0. The molecular formula is H5K4Na. The summed E-state index contributed by atoms with van der Waals surface area (Å²) in [4.78, 5) is 0. The molecule has 0 aromatic rings. The molecule has 5 heteroatoms. The first-order valence-corrected chi connectivity index (χ1v) is 0. The van der Waals surface area contributed by atoms with Crippen LogP contribution in [0.3, 0.4) is 0 Å². The van der Waals surface area contributed by atoms with Gasteiger partial charge in [0.25, 0.3) is 0 Å². The van der Waals surface area contributed by atoms with Crippen LogP contribution in [0.2, 0.25) is 0 Å². The molecule has 0 unspecified atom stereocenters. The summed E-state index contributed by atoms with van der Waals surface area (Å²) in [5.41, 5.74) is 0. The Bertz CT molecular complexity index is 3.61. The minimum absolute atomic E-state index is 0. The van der Waals surface area contributed by atoms with Crippen LogP contribution in [0, 0.1) is 0 Å². The van der Waals surface area contributed by atoms with Crippen LogP contribution in [-0.2, 0) is 0 Å². The minimum atomic E-state index is 0. The summed E-state index contributed by atoms with van der Waals surface area (Å²) in [6.07, 6.45) is 0. The summed E-state index contributed by atoms with van der Waals surface area (Å²) in [5, 5.41) is 0. The summed E-state index contributed by atoms with van der Waals surface area (Å²) in [6, 6.07) is 0. The molecule has 0 nitrogen and oxygen atoms in total. The zero-order chi connectivity index (χ0) is 0. The molecule has 0 atom stereocenters. The molecular weight excluding hydrogens is 179 g/mol. The van der Waals surface area contributed by atoms with Gasteiger partial charge in [-0.3, -0.25) is 0 Å². The van der Waals surface area contributed by atoms with E-state index >= 15 is 0 Å². The van der Waals surface area contributed by atoms with Gasteiger partial charge in [-0.2, -0.15) is 0 Å². The normalized spacial score (nSPS) is 0. The molecule has 0 aromatic heterocycles. The van der Waals surface area contributed by atoms with Gasteiger partial charge in [-0.05, 0) is 0 Å². The van der Waals surface area contributed by atoms with E-state index in [1.807, 2.05) is 0 Å². The van der Waals surface area contributed by atoms with E-state index in [-0.39, 0.29) is 235 Å². The summed E-state index contributed by atoms with van der Waals surface area (Å²) in [5.74, 6) is 0. The summed E-state index contributed by atoms with van der Waals surface area (Å²) >= 11 is 0. The van der Waals surface area contributed by atoms with Crippen LogP contribution < -0.4 is 0 Å². The van der Waals surface area contributed by atoms with Crippen LogP contribution in [0.4, 0.5) is 0 Å². The molecule has 0 rings (SSSR count). The Labute approximate surface area is 225 Å². The third-order valence-corrected chi connectivity index (χ3v) is 0. The van der Waals surface area contributed by atoms with Gasteiger partial charge in [0.2, 0.25) is 0 Å². The molecule has 10 valence electrons. The van der Waals surface area contributed by atoms with Crippen molar-refractivity contribution < 1.29 is 0 Å². The second kappa shape index (κ2) is 22.6. The average molecular weight is 184 g/mol. The van der Waals surface area contributed by atoms with Crippen molar-refractivity contribution in [3.05, 3.63) is 0 Å². The average Bonchev–Trinajstić information content (AvgIpc) is 0. The predicted octanol–water partition coefficient (Wildman–Crippen LogP) is -3.24. The summed E-state index contributed by atoms with van der Waals surface area (Å²) in [7, 11) is 0. The molecule has 0 aliphatic carbocycles. The maximum absolute atomic E-state index is 0. The molecule has 0 bridgehead atoms. The van der Waals surface area contributed by atoms with Gasteiger partial charge in [-0.25, -0.2) is 0 Å². The van der Waals surface area contributed by atoms with Gasteiger partial charge >= 0.3 is 235 Å². The second-order valence-electron chi connectivity index (χ2n) is 0. The van der Waals surface area contributed by atoms with Crippen molar-refractivity contribution in [3.63, 3.8) is 0 Å². The van der Waals surface area contributed by atoms with Crippen molar-refractivity contribution in [2.24, 2.45) is 0 Å². The van der Waals surface area contributed by atoms with E-state index in [1.54, 1.807) is 0 Å². The molecule has 0 fully saturated rings. The van der Waals surface area contributed by atoms with Gasteiger partial charge < -0.3 is 0 Å². The van der Waals surface area contributed by atoms with E-state index in [9.17, 15) is 0 Å². The van der Waals surface area contributed by atoms with Crippen LogP contribution in [-0.4, -0.2) is 235 Å². The van der Waals surface area contributed by atoms with E-state index in [1.165, 1.54) is 0 Å². The second-order valence-corrected chi connectivity index (χ2v) is 0. The molecule has 0 saturated heterocycles. The van der Waals surface area contributed by atoms with E-state index < -0.39 is 0 Å². The monoisotopic (exact) mass is 184 g/mol. The number of hydrogen-bond acceptors (Lipinski definition) is 0. The Morgan fingerprint density at radius 3 is 0.400 bits per heavy atom. The van der Waals surface area contributed by atoms with Crippen molar-refractivity contribution in [2.45, 2.75) is 0 Å². The SMILES string of the molecule is [KH].[KH].[KH].[KH].[NaH]. The third-order valence-electron chi connectivity index (χ3n) is 0. The molecule has 0 aliphatic rings. The topological polar surface area (TPSA) is 0 Å². The summed E-state index contributed by atoms with van der Waals surface area (Å²) < 4.78 is 0. The van der Waals surface area contributed by atoms with Crippen LogP contribution in [0.5, 0.6) is 0 Å². The molecule has 0 N–H and O–H groups in total. The molecule has 0 spiro atoms. The fraction of sp³-hybridized carbons (Fsp3) is 0. The van der Waals surface area contributed by atoms with Crippen LogP contribution >= 0.6 is 0 Å². The van der Waals surface area contributed by atoms with Crippen molar-refractivity contribution in [1.82, 2.24) is 0 Å². The molecule has 0 heterocycles. The Morgan fingerprint density at radius 2 is 0.400 bits per heavy atom. The fourth-order valence-corrected chi connectivity index (χ4v) is 0. The van der Waals surface area contributed by atoms with Gasteiger partial charge in [0.05, 0.1) is 0 Å². The van der Waals surface area contributed by atoms with E-state index in [0.29, 0.717) is 0 Å². The van der Waals surface area contributed by atoms with Gasteiger partial charge in [0, 0.05) is 0 Å². The molecule has 5 heavy (non-hydrogen) atoms. The molecule has 0 radical (unpaired) electrons. The molecule has 0 amide bonds. The first kappa shape index (κ1) is 29.4. The van der Waals surface area contributed by atoms with E-state index in [4.69, 9.17) is 0 Å². The van der Waals surface area contributed by atoms with Gasteiger partial charge in [0.15, 0.2) is 0 Å². The maximum atomic E-state index is 0. The van der Waals surface area contributed by atoms with Gasteiger partial charge in [-0.15, -0.1) is 0 Å². The van der Waals surface area contributed by atoms with Crippen LogP contribution in [0.25, 0.3) is 0 Å². The Morgan fingerprint density at radius 1 is 0.400 bits per heavy atom. The fourth-order valence-electron chi connectivity index (χ4n) is 0. The van der Waals surface area contributed by atoms with Crippen molar-refractivity contribution in [1.29, 1.82) is 0 Å². The zero-order valence-corrected chi connectivity index (χ0v) is 0. The van der Waals surface area contributed by atoms with E-state index in [2.05, 4.69) is 0 Å². The van der Waals surface area contributed by atoms with Crippen molar-refractivity contribution in [2.75, 3.05) is 0 Å². The summed E-state index contributed by atoms with van der Waals surface area (Å²) in [6.45, 7) is 0. The standard InChI is InChI=1S/4K.Na.5H. The van der Waals surface area contributed by atoms with Gasteiger partial charge in [-0.1, -0.05) is 0 Å². The Balaban J connectivity index is 0. The quantitative estimate of drug-likeness (QED) is 0.347. The predicted molar refractivity (Wildman–Crippen MR) is 35.7 cm³/mol. The Hall–Kier alpha value is 7.55. The number of rotatable bonds is 0.